The average molecular weight is 242 g/mol. The van der Waals surface area contributed by atoms with Crippen LogP contribution < -0.4 is 19.7 Å². The van der Waals surface area contributed by atoms with E-state index in [0.717, 1.165) is 0 Å². The van der Waals surface area contributed by atoms with Crippen LogP contribution in [0, 0.1) is 0 Å². The van der Waals surface area contributed by atoms with Crippen LogP contribution in [-0.4, -0.2) is 45.3 Å². The maximum Gasteiger partial charge on any atom is 0.496 e. The summed E-state index contributed by atoms with van der Waals surface area (Å²) >= 11 is 0. The van der Waals surface area contributed by atoms with Crippen molar-refractivity contribution in [3.63, 3.8) is 0 Å². The number of rotatable bonds is 6. The first-order valence-electron chi connectivity index (χ1n) is 4.88. The Morgan fingerprint density at radius 1 is 1.06 bits per heavy atom. The molecule has 2 N–H and O–H groups in total. The predicted molar refractivity (Wildman–Crippen MR) is 61.9 cm³/mol. The third-order valence-corrected chi connectivity index (χ3v) is 2.13. The molecule has 17 heavy (non-hydrogen) atoms. The monoisotopic (exact) mass is 242 g/mol. The minimum atomic E-state index is -1.72. The first kappa shape index (κ1) is 13.6. The van der Waals surface area contributed by atoms with Crippen molar-refractivity contribution < 1.29 is 29.0 Å². The molecule has 6 nitrogen and oxygen atoms in total. The lowest BCUT2D eigenvalue weighted by Gasteiger charge is -2.16. The third-order valence-electron chi connectivity index (χ3n) is 2.13. The number of ether oxygens (including phenoxy) is 4. The van der Waals surface area contributed by atoms with Crippen molar-refractivity contribution in [3.05, 3.63) is 12.1 Å². The van der Waals surface area contributed by atoms with Gasteiger partial charge in [-0.3, -0.25) is 0 Å². The molecule has 0 atom stereocenters. The van der Waals surface area contributed by atoms with Crippen LogP contribution in [0.5, 0.6) is 17.2 Å². The second-order valence-corrected chi connectivity index (χ2v) is 3.14. The molecule has 0 bridgehead atoms. The molecule has 7 heteroatoms. The van der Waals surface area contributed by atoms with Gasteiger partial charge >= 0.3 is 7.12 Å². The Balaban J connectivity index is 3.20. The average Bonchev–Trinajstić information content (AvgIpc) is 2.34. The van der Waals surface area contributed by atoms with Crippen LogP contribution in [0.25, 0.3) is 0 Å². The zero-order valence-electron chi connectivity index (χ0n) is 9.97. The van der Waals surface area contributed by atoms with Crippen molar-refractivity contribution in [1.29, 1.82) is 0 Å². The molecule has 94 valence electrons. The molecule has 0 aliphatic rings. The predicted octanol–water partition coefficient (Wildman–Crippen LogP) is -0.634. The summed E-state index contributed by atoms with van der Waals surface area (Å²) in [5.74, 6) is 0.858. The van der Waals surface area contributed by atoms with Gasteiger partial charge in [0.15, 0.2) is 18.3 Å². The third kappa shape index (κ3) is 3.03. The topological polar surface area (TPSA) is 77.4 Å². The zero-order valence-corrected chi connectivity index (χ0v) is 9.97. The largest absolute Gasteiger partial charge is 0.497 e. The summed E-state index contributed by atoms with van der Waals surface area (Å²) in [6, 6.07) is 3.16. The molecule has 0 heterocycles. The second kappa shape index (κ2) is 6.34. The highest BCUT2D eigenvalue weighted by molar-refractivity contribution is 6.61. The maximum absolute atomic E-state index is 9.31. The van der Waals surface area contributed by atoms with Crippen molar-refractivity contribution >= 4 is 12.6 Å². The molecular weight excluding hydrogens is 227 g/mol. The molecule has 0 radical (unpaired) electrons. The summed E-state index contributed by atoms with van der Waals surface area (Å²) < 4.78 is 20.1. The fraction of sp³-hybridized carbons (Fsp3) is 0.400. The quantitative estimate of drug-likeness (QED) is 0.510. The molecule has 1 aromatic carbocycles. The first-order chi connectivity index (χ1) is 8.15. The molecule has 0 fully saturated rings. The van der Waals surface area contributed by atoms with E-state index in [9.17, 15) is 10.0 Å². The summed E-state index contributed by atoms with van der Waals surface area (Å²) in [5, 5.41) is 18.6. The van der Waals surface area contributed by atoms with E-state index < -0.39 is 7.12 Å². The summed E-state index contributed by atoms with van der Waals surface area (Å²) in [6.45, 7) is 0.0314. The summed E-state index contributed by atoms with van der Waals surface area (Å²) in [4.78, 5) is 0. The van der Waals surface area contributed by atoms with E-state index in [1.54, 1.807) is 12.1 Å². The molecule has 0 aliphatic heterocycles. The van der Waals surface area contributed by atoms with E-state index in [1.807, 2.05) is 0 Å². The summed E-state index contributed by atoms with van der Waals surface area (Å²) in [6.07, 6.45) is 0. The fourth-order valence-electron chi connectivity index (χ4n) is 1.43. The van der Waals surface area contributed by atoms with Gasteiger partial charge in [-0.15, -0.1) is 0 Å². The van der Waals surface area contributed by atoms with Crippen LogP contribution in [0.4, 0.5) is 0 Å². The van der Waals surface area contributed by atoms with E-state index in [1.165, 1.54) is 21.3 Å². The van der Waals surface area contributed by atoms with Gasteiger partial charge < -0.3 is 29.0 Å². The second-order valence-electron chi connectivity index (χ2n) is 3.14. The Morgan fingerprint density at radius 3 is 2.18 bits per heavy atom. The molecule has 0 amide bonds. The standard InChI is InChI=1S/C10H15BO6/c1-14-6-17-8-5-4-7(15-2)9(11(12)13)10(8)16-3/h4-5,12-13H,6H2,1-3H3. The van der Waals surface area contributed by atoms with Crippen LogP contribution in [0.15, 0.2) is 12.1 Å². The Labute approximate surface area is 99.8 Å². The Morgan fingerprint density at radius 2 is 1.71 bits per heavy atom. The zero-order chi connectivity index (χ0) is 12.8. The number of hydrogen-bond acceptors (Lipinski definition) is 6. The normalized spacial score (nSPS) is 9.94. The molecular formula is C10H15BO6. The van der Waals surface area contributed by atoms with E-state index in [4.69, 9.17) is 18.9 Å². The van der Waals surface area contributed by atoms with Crippen molar-refractivity contribution in [2.24, 2.45) is 0 Å². The molecule has 0 saturated heterocycles. The van der Waals surface area contributed by atoms with Gasteiger partial charge in [-0.25, -0.2) is 0 Å². The van der Waals surface area contributed by atoms with Gasteiger partial charge in [0.25, 0.3) is 0 Å². The molecule has 0 saturated carbocycles. The molecule has 0 aliphatic carbocycles. The highest BCUT2D eigenvalue weighted by Gasteiger charge is 2.25. The van der Waals surface area contributed by atoms with Gasteiger partial charge in [0.05, 0.1) is 19.7 Å². The lowest BCUT2D eigenvalue weighted by atomic mass is 9.78. The fourth-order valence-corrected chi connectivity index (χ4v) is 1.43. The van der Waals surface area contributed by atoms with Crippen LogP contribution in [-0.2, 0) is 4.74 Å². The van der Waals surface area contributed by atoms with Crippen molar-refractivity contribution in [2.75, 3.05) is 28.1 Å². The molecule has 1 aromatic rings. The Bertz CT molecular complexity index is 368. The minimum Gasteiger partial charge on any atom is -0.497 e. The van der Waals surface area contributed by atoms with Crippen molar-refractivity contribution in [1.82, 2.24) is 0 Å². The smallest absolute Gasteiger partial charge is 0.496 e. The number of methoxy groups -OCH3 is 3. The first-order valence-corrected chi connectivity index (χ1v) is 4.88. The van der Waals surface area contributed by atoms with Gasteiger partial charge in [-0.05, 0) is 12.1 Å². The van der Waals surface area contributed by atoms with Crippen LogP contribution >= 0.6 is 0 Å². The summed E-state index contributed by atoms with van der Waals surface area (Å²) in [5.41, 5.74) is 0.114. The van der Waals surface area contributed by atoms with E-state index in [-0.39, 0.29) is 18.0 Å². The van der Waals surface area contributed by atoms with Gasteiger partial charge in [-0.1, -0.05) is 0 Å². The van der Waals surface area contributed by atoms with Gasteiger partial charge in [-0.2, -0.15) is 0 Å². The van der Waals surface area contributed by atoms with E-state index >= 15 is 0 Å². The molecule has 0 spiro atoms. The SMILES string of the molecule is COCOc1ccc(OC)c(B(O)O)c1OC. The lowest BCUT2D eigenvalue weighted by Crippen LogP contribution is -2.33. The van der Waals surface area contributed by atoms with Gasteiger partial charge in [0.2, 0.25) is 0 Å². The lowest BCUT2D eigenvalue weighted by molar-refractivity contribution is 0.0492. The molecule has 0 unspecified atom stereocenters. The summed E-state index contributed by atoms with van der Waals surface area (Å²) in [7, 11) is 2.60. The molecule has 1 rings (SSSR count). The van der Waals surface area contributed by atoms with Crippen LogP contribution in [0.2, 0.25) is 0 Å². The Hall–Kier alpha value is -1.44. The van der Waals surface area contributed by atoms with Crippen molar-refractivity contribution in [3.8, 4) is 17.2 Å². The molecule has 0 aromatic heterocycles. The number of hydrogen-bond donors (Lipinski definition) is 2. The minimum absolute atomic E-state index is 0.0314. The Kier molecular flexibility index (Phi) is 5.08. The van der Waals surface area contributed by atoms with Gasteiger partial charge in [0.1, 0.15) is 5.75 Å². The van der Waals surface area contributed by atoms with Gasteiger partial charge in [0, 0.05) is 7.11 Å². The van der Waals surface area contributed by atoms with E-state index in [0.29, 0.717) is 11.5 Å². The highest BCUT2D eigenvalue weighted by Crippen LogP contribution is 2.29. The maximum atomic E-state index is 9.31. The van der Waals surface area contributed by atoms with E-state index in [2.05, 4.69) is 0 Å². The highest BCUT2D eigenvalue weighted by atomic mass is 16.7. The van der Waals surface area contributed by atoms with Crippen LogP contribution in [0.1, 0.15) is 0 Å². The number of benzene rings is 1. The van der Waals surface area contributed by atoms with Crippen LogP contribution in [0.3, 0.4) is 0 Å². The van der Waals surface area contributed by atoms with Crippen molar-refractivity contribution in [2.45, 2.75) is 0 Å².